The van der Waals surface area contributed by atoms with Crippen LogP contribution >= 0.6 is 11.6 Å². The van der Waals surface area contributed by atoms with E-state index >= 15 is 0 Å². The van der Waals surface area contributed by atoms with Crippen LogP contribution in [0.15, 0.2) is 15.8 Å². The zero-order valence-electron chi connectivity index (χ0n) is 6.61. The molecule has 1 rings (SSSR count). The summed E-state index contributed by atoms with van der Waals surface area (Å²) < 4.78 is 0.939. The molecule has 0 aliphatic rings. The summed E-state index contributed by atoms with van der Waals surface area (Å²) in [6.45, 7) is -0.0287. The molecule has 0 bridgehead atoms. The van der Waals surface area contributed by atoms with Crippen LogP contribution in [0.1, 0.15) is 0 Å². The maximum absolute atomic E-state index is 11.0. The highest BCUT2D eigenvalue weighted by molar-refractivity contribution is 6.18. The van der Waals surface area contributed by atoms with Crippen molar-refractivity contribution in [3.63, 3.8) is 0 Å². The van der Waals surface area contributed by atoms with Crippen molar-refractivity contribution < 1.29 is 5.11 Å². The molecule has 0 saturated carbocycles. The van der Waals surface area contributed by atoms with Crippen molar-refractivity contribution in [1.29, 1.82) is 0 Å². The maximum atomic E-state index is 11.0. The second-order valence-electron chi connectivity index (χ2n) is 2.43. The van der Waals surface area contributed by atoms with Gasteiger partial charge < -0.3 is 5.11 Å². The van der Waals surface area contributed by atoms with E-state index in [-0.39, 0.29) is 12.4 Å². The predicted octanol–water partition coefficient (Wildman–Crippen LogP) is -1.47. The molecule has 0 aliphatic carbocycles. The van der Waals surface area contributed by atoms with Gasteiger partial charge in [0, 0.05) is 0 Å². The van der Waals surface area contributed by atoms with E-state index in [4.69, 9.17) is 16.7 Å². The van der Waals surface area contributed by atoms with Crippen molar-refractivity contribution in [1.82, 2.24) is 14.8 Å². The highest BCUT2D eigenvalue weighted by Crippen LogP contribution is 1.88. The van der Waals surface area contributed by atoms with Crippen LogP contribution in [0.25, 0.3) is 0 Å². The molecule has 0 saturated heterocycles. The maximum Gasteiger partial charge on any atom is 0.344 e. The molecule has 7 heteroatoms. The van der Waals surface area contributed by atoms with Gasteiger partial charge in [-0.25, -0.2) is 9.48 Å². The molecule has 0 radical (unpaired) electrons. The molecule has 0 fully saturated rings. The zero-order valence-corrected chi connectivity index (χ0v) is 7.36. The largest absolute Gasteiger partial charge is 0.390 e. The number of hydrogen-bond acceptors (Lipinski definition) is 4. The average Bonchev–Trinajstić information content (AvgIpc) is 2.09. The summed E-state index contributed by atoms with van der Waals surface area (Å²) in [4.78, 5) is 23.6. The third kappa shape index (κ3) is 2.67. The predicted molar refractivity (Wildman–Crippen MR) is 45.8 cm³/mol. The minimum atomic E-state index is -0.849. The second kappa shape index (κ2) is 4.20. The first-order valence-electron chi connectivity index (χ1n) is 3.54. The molecule has 2 N–H and O–H groups in total. The van der Waals surface area contributed by atoms with E-state index in [2.05, 4.69) is 5.10 Å². The molecule has 1 atom stereocenters. The smallest absolute Gasteiger partial charge is 0.344 e. The molecule has 0 amide bonds. The van der Waals surface area contributed by atoms with E-state index in [9.17, 15) is 9.59 Å². The van der Waals surface area contributed by atoms with Gasteiger partial charge in [-0.05, 0) is 0 Å². The Hall–Kier alpha value is -1.14. The fraction of sp³-hybridized carbons (Fsp3) is 0.500. The number of aromatic nitrogens is 3. The Balaban J connectivity index is 2.90. The number of rotatable bonds is 3. The summed E-state index contributed by atoms with van der Waals surface area (Å²) in [7, 11) is 0. The Kier molecular flexibility index (Phi) is 3.21. The van der Waals surface area contributed by atoms with Gasteiger partial charge in [-0.3, -0.25) is 9.78 Å². The average molecular weight is 206 g/mol. The lowest BCUT2D eigenvalue weighted by Crippen LogP contribution is -2.35. The molecule has 1 heterocycles. The van der Waals surface area contributed by atoms with Crippen LogP contribution in [0.5, 0.6) is 0 Å². The lowest BCUT2D eigenvalue weighted by Gasteiger charge is -2.06. The molecule has 0 aliphatic heterocycles. The molecule has 13 heavy (non-hydrogen) atoms. The number of hydrogen-bond donors (Lipinski definition) is 2. The molecular weight excluding hydrogens is 198 g/mol. The van der Waals surface area contributed by atoms with E-state index < -0.39 is 17.4 Å². The Morgan fingerprint density at radius 3 is 2.92 bits per heavy atom. The van der Waals surface area contributed by atoms with Gasteiger partial charge in [0.25, 0.3) is 5.56 Å². The van der Waals surface area contributed by atoms with Crippen molar-refractivity contribution in [3.05, 3.63) is 27.0 Å². The fourth-order valence-corrected chi connectivity index (χ4v) is 0.853. The first-order valence-corrected chi connectivity index (χ1v) is 4.07. The van der Waals surface area contributed by atoms with Gasteiger partial charge >= 0.3 is 5.69 Å². The third-order valence-corrected chi connectivity index (χ3v) is 1.70. The number of aromatic amines is 1. The van der Waals surface area contributed by atoms with E-state index in [1.807, 2.05) is 4.98 Å². The highest BCUT2D eigenvalue weighted by atomic mass is 35.5. The Morgan fingerprint density at radius 2 is 2.38 bits per heavy atom. The first kappa shape index (κ1) is 9.94. The van der Waals surface area contributed by atoms with Crippen molar-refractivity contribution >= 4 is 11.6 Å². The number of aliphatic hydroxyl groups is 1. The topological polar surface area (TPSA) is 88.0 Å². The van der Waals surface area contributed by atoms with Crippen molar-refractivity contribution in [3.8, 4) is 0 Å². The monoisotopic (exact) mass is 205 g/mol. The zero-order chi connectivity index (χ0) is 9.84. The van der Waals surface area contributed by atoms with Gasteiger partial charge in [0.1, 0.15) is 6.20 Å². The highest BCUT2D eigenvalue weighted by Gasteiger charge is 2.05. The molecule has 0 spiro atoms. The van der Waals surface area contributed by atoms with E-state index in [1.54, 1.807) is 0 Å². The summed E-state index contributed by atoms with van der Waals surface area (Å²) in [5, 5.41) is 12.6. The number of nitrogens with zero attached hydrogens (tertiary/aromatic N) is 2. The van der Waals surface area contributed by atoms with E-state index in [0.29, 0.717) is 0 Å². The summed E-state index contributed by atoms with van der Waals surface area (Å²) in [6, 6.07) is 0. The minimum absolute atomic E-state index is 0.00719. The van der Waals surface area contributed by atoms with Crippen LogP contribution in [0.3, 0.4) is 0 Å². The van der Waals surface area contributed by atoms with Crippen LogP contribution in [-0.2, 0) is 6.54 Å². The molecule has 1 aromatic rings. The molecule has 0 aromatic carbocycles. The third-order valence-electron chi connectivity index (χ3n) is 1.34. The van der Waals surface area contributed by atoms with Crippen molar-refractivity contribution in [2.24, 2.45) is 0 Å². The van der Waals surface area contributed by atoms with Crippen LogP contribution in [0.2, 0.25) is 0 Å². The normalized spacial score (nSPS) is 12.8. The fourth-order valence-electron chi connectivity index (χ4n) is 0.755. The van der Waals surface area contributed by atoms with Crippen LogP contribution in [0.4, 0.5) is 0 Å². The van der Waals surface area contributed by atoms with Gasteiger partial charge in [-0.2, -0.15) is 5.10 Å². The Bertz CT molecular complexity index is 385. The second-order valence-corrected chi connectivity index (χ2v) is 2.74. The molecule has 1 aromatic heterocycles. The number of halogens is 1. The molecule has 1 unspecified atom stereocenters. The summed E-state index contributed by atoms with van der Waals surface area (Å²) >= 11 is 5.32. The van der Waals surface area contributed by atoms with Gasteiger partial charge in [-0.1, -0.05) is 0 Å². The van der Waals surface area contributed by atoms with Crippen LogP contribution in [0, 0.1) is 0 Å². The van der Waals surface area contributed by atoms with E-state index in [1.165, 1.54) is 0 Å². The minimum Gasteiger partial charge on any atom is -0.390 e. The van der Waals surface area contributed by atoms with E-state index in [0.717, 1.165) is 10.9 Å². The SMILES string of the molecule is O=c1cnn(CC(O)CCl)c(=O)[nH]1. The summed E-state index contributed by atoms with van der Waals surface area (Å²) in [5.41, 5.74) is -1.22. The number of nitrogens with one attached hydrogen (secondary N) is 1. The Labute approximate surface area is 77.8 Å². The Morgan fingerprint density at radius 1 is 1.69 bits per heavy atom. The standard InChI is InChI=1S/C6H8ClN3O3/c7-1-4(11)3-10-6(13)9-5(12)2-8-10/h2,4,11H,1,3H2,(H,9,12,13). The van der Waals surface area contributed by atoms with Gasteiger partial charge in [0.05, 0.1) is 18.5 Å². The number of aliphatic hydroxyl groups excluding tert-OH is 1. The number of H-pyrrole nitrogens is 1. The first-order chi connectivity index (χ1) is 6.13. The number of alkyl halides is 1. The molecular formula is C6H8ClN3O3. The van der Waals surface area contributed by atoms with Gasteiger partial charge in [0.15, 0.2) is 0 Å². The van der Waals surface area contributed by atoms with Crippen LogP contribution < -0.4 is 11.2 Å². The van der Waals surface area contributed by atoms with Crippen molar-refractivity contribution in [2.75, 3.05) is 5.88 Å². The van der Waals surface area contributed by atoms with Gasteiger partial charge in [0.2, 0.25) is 0 Å². The quantitative estimate of drug-likeness (QED) is 0.590. The molecule has 6 nitrogen and oxygen atoms in total. The molecule has 72 valence electrons. The van der Waals surface area contributed by atoms with Crippen LogP contribution in [-0.4, -0.2) is 31.9 Å². The van der Waals surface area contributed by atoms with Crippen molar-refractivity contribution in [2.45, 2.75) is 12.6 Å². The van der Waals surface area contributed by atoms with Gasteiger partial charge in [-0.15, -0.1) is 11.6 Å². The lowest BCUT2D eigenvalue weighted by molar-refractivity contribution is 0.168. The summed E-state index contributed by atoms with van der Waals surface area (Å²) in [6.07, 6.45) is 0.111. The lowest BCUT2D eigenvalue weighted by atomic mass is 10.4. The summed E-state index contributed by atoms with van der Waals surface area (Å²) in [5.74, 6) is 0.00719.